The van der Waals surface area contributed by atoms with E-state index in [4.69, 9.17) is 4.74 Å². The van der Waals surface area contributed by atoms with Crippen molar-refractivity contribution in [3.63, 3.8) is 0 Å². The number of ether oxygens (including phenoxy) is 1. The Labute approximate surface area is 159 Å². The summed E-state index contributed by atoms with van der Waals surface area (Å²) in [5, 5.41) is 12.6. The summed E-state index contributed by atoms with van der Waals surface area (Å²) in [7, 11) is 0. The maximum atomic E-state index is 12.7. The Morgan fingerprint density at radius 2 is 1.67 bits per heavy atom. The number of carboxylic acids is 1. The van der Waals surface area contributed by atoms with E-state index in [9.17, 15) is 14.7 Å². The van der Waals surface area contributed by atoms with E-state index < -0.39 is 16.9 Å². The molecule has 2 N–H and O–H groups in total. The molecule has 0 aromatic heterocycles. The number of nitrogens with one attached hydrogen (secondary N) is 1. The molecule has 2 aromatic rings. The second-order valence-electron chi connectivity index (χ2n) is 7.48. The number of amides is 1. The highest BCUT2D eigenvalue weighted by molar-refractivity contribution is 5.99. The Hall–Kier alpha value is -2.66. The van der Waals surface area contributed by atoms with Gasteiger partial charge in [0.1, 0.15) is 5.54 Å². The third-order valence-electron chi connectivity index (χ3n) is 5.71. The first-order valence-electron chi connectivity index (χ1n) is 9.15. The largest absolute Gasteiger partial charge is 0.479 e. The zero-order chi connectivity index (χ0) is 19.7. The van der Waals surface area contributed by atoms with E-state index in [2.05, 4.69) is 5.32 Å². The topological polar surface area (TPSA) is 75.6 Å². The number of hydrogen-bond donors (Lipinski definition) is 2. The molecule has 1 aliphatic rings. The Balaban J connectivity index is 1.79. The molecule has 2 aromatic carbocycles. The van der Waals surface area contributed by atoms with E-state index in [0.717, 1.165) is 11.1 Å². The summed E-state index contributed by atoms with van der Waals surface area (Å²) in [6.45, 7) is 6.04. The van der Waals surface area contributed by atoms with Gasteiger partial charge in [0, 0.05) is 24.0 Å². The minimum atomic E-state index is -1.33. The van der Waals surface area contributed by atoms with Gasteiger partial charge >= 0.3 is 5.97 Å². The molecule has 0 radical (unpaired) electrons. The third-order valence-corrected chi connectivity index (χ3v) is 5.71. The van der Waals surface area contributed by atoms with Crippen molar-refractivity contribution in [2.45, 2.75) is 38.8 Å². The molecule has 0 spiro atoms. The van der Waals surface area contributed by atoms with Gasteiger partial charge in [-0.3, -0.25) is 4.79 Å². The molecule has 0 heterocycles. The molecule has 0 saturated heterocycles. The smallest absolute Gasteiger partial charge is 0.330 e. The molecule has 5 nitrogen and oxygen atoms in total. The summed E-state index contributed by atoms with van der Waals surface area (Å²) in [5.41, 5.74) is 0.467. The van der Waals surface area contributed by atoms with Gasteiger partial charge in [-0.2, -0.15) is 0 Å². The molecule has 27 heavy (non-hydrogen) atoms. The highest BCUT2D eigenvalue weighted by atomic mass is 16.5. The summed E-state index contributed by atoms with van der Waals surface area (Å²) in [6.07, 6.45) is 0.0659. The summed E-state index contributed by atoms with van der Waals surface area (Å²) in [4.78, 5) is 24.7. The molecule has 1 saturated carbocycles. The van der Waals surface area contributed by atoms with Crippen LogP contribution < -0.4 is 5.32 Å². The van der Waals surface area contributed by atoms with Crippen LogP contribution in [0.1, 0.15) is 37.6 Å². The summed E-state index contributed by atoms with van der Waals surface area (Å²) in [5.74, 6) is -1.42. The standard InChI is InChI=1S/C22H25NO4/c1-4-27-18-14-22(20(25)26,21(18,2)3)23-19(24)17-12-10-16(11-13-17)15-8-6-5-7-9-15/h5-13,18H,4,14H2,1-3H3,(H,23,24)(H,25,26). The lowest BCUT2D eigenvalue weighted by atomic mass is 9.54. The molecule has 1 amide bonds. The van der Waals surface area contributed by atoms with E-state index in [1.807, 2.05) is 63.2 Å². The van der Waals surface area contributed by atoms with Crippen LogP contribution in [0.2, 0.25) is 0 Å². The van der Waals surface area contributed by atoms with Crippen molar-refractivity contribution in [2.24, 2.45) is 5.41 Å². The van der Waals surface area contributed by atoms with Gasteiger partial charge in [0.25, 0.3) is 5.91 Å². The average Bonchev–Trinajstić information content (AvgIpc) is 2.67. The Morgan fingerprint density at radius 1 is 1.07 bits per heavy atom. The van der Waals surface area contributed by atoms with Gasteiger partial charge in [-0.25, -0.2) is 4.79 Å². The van der Waals surface area contributed by atoms with Gasteiger partial charge in [-0.05, 0) is 30.2 Å². The highest BCUT2D eigenvalue weighted by Gasteiger charge is 2.66. The number of rotatable bonds is 6. The van der Waals surface area contributed by atoms with Crippen LogP contribution in [0.3, 0.4) is 0 Å². The molecule has 142 valence electrons. The Kier molecular flexibility index (Phi) is 5.07. The lowest BCUT2D eigenvalue weighted by Crippen LogP contribution is -2.76. The fraction of sp³-hybridized carbons (Fsp3) is 0.364. The average molecular weight is 367 g/mol. The van der Waals surface area contributed by atoms with Crippen LogP contribution in [-0.4, -0.2) is 35.2 Å². The van der Waals surface area contributed by atoms with E-state index in [-0.39, 0.29) is 18.4 Å². The van der Waals surface area contributed by atoms with Crippen LogP contribution >= 0.6 is 0 Å². The minimum Gasteiger partial charge on any atom is -0.479 e. The van der Waals surface area contributed by atoms with Crippen LogP contribution in [0.15, 0.2) is 54.6 Å². The maximum absolute atomic E-state index is 12.7. The van der Waals surface area contributed by atoms with Crippen molar-refractivity contribution in [1.29, 1.82) is 0 Å². The van der Waals surface area contributed by atoms with Gasteiger partial charge < -0.3 is 15.2 Å². The van der Waals surface area contributed by atoms with E-state index in [1.165, 1.54) is 0 Å². The summed E-state index contributed by atoms with van der Waals surface area (Å²) < 4.78 is 5.64. The molecule has 2 atom stereocenters. The number of hydrogen-bond acceptors (Lipinski definition) is 3. The SMILES string of the molecule is CCOC1CC(NC(=O)c2ccc(-c3ccccc3)cc2)(C(=O)O)C1(C)C. The summed E-state index contributed by atoms with van der Waals surface area (Å²) >= 11 is 0. The van der Waals surface area contributed by atoms with Crippen molar-refractivity contribution in [2.75, 3.05) is 6.61 Å². The van der Waals surface area contributed by atoms with Gasteiger partial charge in [-0.1, -0.05) is 56.3 Å². The molecule has 1 fully saturated rings. The lowest BCUT2D eigenvalue weighted by Gasteiger charge is -2.58. The minimum absolute atomic E-state index is 0.195. The van der Waals surface area contributed by atoms with Gasteiger partial charge in [0.15, 0.2) is 0 Å². The zero-order valence-corrected chi connectivity index (χ0v) is 15.9. The van der Waals surface area contributed by atoms with Crippen LogP contribution in [-0.2, 0) is 9.53 Å². The van der Waals surface area contributed by atoms with Crippen LogP contribution in [0, 0.1) is 5.41 Å². The van der Waals surface area contributed by atoms with E-state index in [1.54, 1.807) is 12.1 Å². The van der Waals surface area contributed by atoms with Crippen molar-refractivity contribution < 1.29 is 19.4 Å². The molecular weight excluding hydrogens is 342 g/mol. The van der Waals surface area contributed by atoms with Crippen molar-refractivity contribution in [1.82, 2.24) is 5.32 Å². The van der Waals surface area contributed by atoms with Crippen molar-refractivity contribution in [3.8, 4) is 11.1 Å². The first kappa shape index (κ1) is 19.1. The number of benzene rings is 2. The fourth-order valence-corrected chi connectivity index (χ4v) is 3.75. The predicted octanol–water partition coefficient (Wildman–Crippen LogP) is 3.74. The first-order valence-corrected chi connectivity index (χ1v) is 9.15. The van der Waals surface area contributed by atoms with Crippen LogP contribution in [0.5, 0.6) is 0 Å². The maximum Gasteiger partial charge on any atom is 0.330 e. The molecule has 5 heteroatoms. The van der Waals surface area contributed by atoms with Crippen LogP contribution in [0.25, 0.3) is 11.1 Å². The van der Waals surface area contributed by atoms with E-state index >= 15 is 0 Å². The van der Waals surface area contributed by atoms with E-state index in [0.29, 0.717) is 12.2 Å². The second-order valence-corrected chi connectivity index (χ2v) is 7.48. The number of aliphatic carboxylic acids is 1. The van der Waals surface area contributed by atoms with Crippen molar-refractivity contribution in [3.05, 3.63) is 60.2 Å². The molecular formula is C22H25NO4. The van der Waals surface area contributed by atoms with Crippen LogP contribution in [0.4, 0.5) is 0 Å². The third kappa shape index (κ3) is 3.23. The second kappa shape index (κ2) is 7.16. The molecule has 1 aliphatic carbocycles. The Morgan fingerprint density at radius 3 is 2.19 bits per heavy atom. The zero-order valence-electron chi connectivity index (χ0n) is 15.9. The monoisotopic (exact) mass is 367 g/mol. The molecule has 0 bridgehead atoms. The lowest BCUT2D eigenvalue weighted by molar-refractivity contribution is -0.190. The van der Waals surface area contributed by atoms with Gasteiger partial charge in [0.05, 0.1) is 6.10 Å². The normalized spacial score (nSPS) is 23.3. The Bertz CT molecular complexity index is 829. The highest BCUT2D eigenvalue weighted by Crippen LogP contribution is 2.51. The molecule has 3 rings (SSSR count). The first-order chi connectivity index (χ1) is 12.8. The number of carbonyl (C=O) groups is 2. The molecule has 2 unspecified atom stereocenters. The number of carboxylic acid groups (broad SMARTS) is 1. The fourth-order valence-electron chi connectivity index (χ4n) is 3.75. The quantitative estimate of drug-likeness (QED) is 0.815. The van der Waals surface area contributed by atoms with Gasteiger partial charge in [0.2, 0.25) is 0 Å². The predicted molar refractivity (Wildman–Crippen MR) is 104 cm³/mol. The molecule has 0 aliphatic heterocycles. The van der Waals surface area contributed by atoms with Gasteiger partial charge in [-0.15, -0.1) is 0 Å². The van der Waals surface area contributed by atoms with Crippen molar-refractivity contribution >= 4 is 11.9 Å². The summed E-state index contributed by atoms with van der Waals surface area (Å²) in [6, 6.07) is 17.0. The number of carbonyl (C=O) groups excluding carboxylic acids is 1.